The van der Waals surface area contributed by atoms with Gasteiger partial charge in [0, 0.05) is 5.56 Å². The van der Waals surface area contributed by atoms with E-state index in [1.165, 1.54) is 28.6 Å². The van der Waals surface area contributed by atoms with Crippen LogP contribution < -0.4 is 15.9 Å². The van der Waals surface area contributed by atoms with Gasteiger partial charge in [0.15, 0.2) is 5.82 Å². The summed E-state index contributed by atoms with van der Waals surface area (Å²) in [7, 11) is 0. The Morgan fingerprint density at radius 2 is 1.81 bits per heavy atom. The Hall–Kier alpha value is -3.14. The molecule has 3 rings (SSSR count). The second-order valence-electron chi connectivity index (χ2n) is 7.53. The highest BCUT2D eigenvalue weighted by atomic mass is 32.2. The lowest BCUT2D eigenvalue weighted by Gasteiger charge is -2.21. The third-order valence-electron chi connectivity index (χ3n) is 4.58. The maximum Gasteiger partial charge on any atom is 0.387 e. The van der Waals surface area contributed by atoms with E-state index in [9.17, 15) is 13.6 Å². The van der Waals surface area contributed by atoms with E-state index in [0.717, 1.165) is 12.0 Å². The first-order valence-corrected chi connectivity index (χ1v) is 11.0. The lowest BCUT2D eigenvalue weighted by molar-refractivity contribution is -0.119. The second-order valence-corrected chi connectivity index (χ2v) is 8.47. The molecule has 0 saturated carbocycles. The van der Waals surface area contributed by atoms with Crippen LogP contribution in [0.4, 0.5) is 8.78 Å². The zero-order valence-corrected chi connectivity index (χ0v) is 18.6. The molecule has 1 aromatic heterocycles. The van der Waals surface area contributed by atoms with Crippen LogP contribution >= 0.6 is 11.8 Å². The molecule has 0 aliphatic heterocycles. The predicted molar refractivity (Wildman–Crippen MR) is 120 cm³/mol. The summed E-state index contributed by atoms with van der Waals surface area (Å²) in [5.74, 6) is 6.87. The van der Waals surface area contributed by atoms with Crippen LogP contribution in [0, 0.1) is 5.92 Å². The highest BCUT2D eigenvalue weighted by molar-refractivity contribution is 7.99. The number of nitrogens with two attached hydrogens (primary N) is 1. The van der Waals surface area contributed by atoms with Crippen LogP contribution in [0.2, 0.25) is 0 Å². The largest absolute Gasteiger partial charge is 0.435 e. The van der Waals surface area contributed by atoms with E-state index in [0.29, 0.717) is 22.5 Å². The minimum Gasteiger partial charge on any atom is -0.435 e. The molecule has 0 fully saturated rings. The van der Waals surface area contributed by atoms with Crippen LogP contribution in [-0.2, 0) is 4.79 Å². The first-order valence-electron chi connectivity index (χ1n) is 10.1. The summed E-state index contributed by atoms with van der Waals surface area (Å²) in [5.41, 5.74) is 1.64. The molecule has 1 heterocycles. The van der Waals surface area contributed by atoms with Crippen LogP contribution in [-0.4, -0.2) is 33.1 Å². The monoisotopic (exact) mass is 461 g/mol. The van der Waals surface area contributed by atoms with Gasteiger partial charge >= 0.3 is 6.61 Å². The van der Waals surface area contributed by atoms with Crippen molar-refractivity contribution in [2.24, 2.45) is 5.92 Å². The summed E-state index contributed by atoms with van der Waals surface area (Å²) in [6.45, 7) is 1.33. The summed E-state index contributed by atoms with van der Waals surface area (Å²) in [6, 6.07) is 15.7. The van der Waals surface area contributed by atoms with Crippen molar-refractivity contribution in [3.05, 3.63) is 60.2 Å². The average molecular weight is 462 g/mol. The van der Waals surface area contributed by atoms with Crippen molar-refractivity contribution in [1.82, 2.24) is 20.2 Å². The molecule has 7 nitrogen and oxygen atoms in total. The smallest absolute Gasteiger partial charge is 0.387 e. The van der Waals surface area contributed by atoms with Crippen molar-refractivity contribution in [2.45, 2.75) is 38.1 Å². The topological polar surface area (TPSA) is 95.1 Å². The number of nitrogen functional groups attached to an aromatic ring is 1. The van der Waals surface area contributed by atoms with Gasteiger partial charge in [-0.15, -0.1) is 10.2 Å². The number of halogens is 2. The molecular formula is C22H25F2N5O2S. The summed E-state index contributed by atoms with van der Waals surface area (Å²) in [6.07, 6.45) is 0.822. The lowest BCUT2D eigenvalue weighted by Crippen LogP contribution is -2.31. The molecule has 0 bridgehead atoms. The maximum absolute atomic E-state index is 12.6. The number of benzene rings is 2. The number of rotatable bonds is 10. The van der Waals surface area contributed by atoms with Crippen LogP contribution in [0.3, 0.4) is 0 Å². The van der Waals surface area contributed by atoms with Gasteiger partial charge in [-0.25, -0.2) is 4.68 Å². The maximum atomic E-state index is 12.6. The number of nitrogens with one attached hydrogen (secondary N) is 1. The number of aromatic nitrogens is 3. The number of hydrogen-bond donors (Lipinski definition) is 2. The van der Waals surface area contributed by atoms with Gasteiger partial charge in [-0.2, -0.15) is 8.78 Å². The Morgan fingerprint density at radius 1 is 1.12 bits per heavy atom. The number of nitrogens with zero attached hydrogens (tertiary/aromatic N) is 3. The highest BCUT2D eigenvalue weighted by Gasteiger charge is 2.18. The summed E-state index contributed by atoms with van der Waals surface area (Å²) in [5, 5.41) is 11.5. The SMILES string of the molecule is CC(C)CC(NC(=O)CSc1nnc(-c2ccc(OC(F)F)cc2)n1N)c1ccccc1. The van der Waals surface area contributed by atoms with Gasteiger partial charge in [-0.05, 0) is 42.2 Å². The van der Waals surface area contributed by atoms with Gasteiger partial charge in [0.05, 0.1) is 11.8 Å². The molecule has 170 valence electrons. The Morgan fingerprint density at radius 3 is 2.44 bits per heavy atom. The number of ether oxygens (including phenoxy) is 1. The van der Waals surface area contributed by atoms with Crippen LogP contribution in [0.5, 0.6) is 5.75 Å². The molecular weight excluding hydrogens is 436 g/mol. The number of thioether (sulfide) groups is 1. The van der Waals surface area contributed by atoms with Gasteiger partial charge in [0.2, 0.25) is 11.1 Å². The van der Waals surface area contributed by atoms with E-state index < -0.39 is 6.61 Å². The first kappa shape index (κ1) is 23.5. The van der Waals surface area contributed by atoms with Gasteiger partial charge in [-0.1, -0.05) is 55.9 Å². The van der Waals surface area contributed by atoms with E-state index in [1.54, 1.807) is 12.1 Å². The average Bonchev–Trinajstić information content (AvgIpc) is 3.12. The molecule has 0 aliphatic carbocycles. The van der Waals surface area contributed by atoms with Gasteiger partial charge in [-0.3, -0.25) is 4.79 Å². The molecule has 0 radical (unpaired) electrons. The van der Waals surface area contributed by atoms with Crippen molar-refractivity contribution in [1.29, 1.82) is 0 Å². The first-order chi connectivity index (χ1) is 15.3. The van der Waals surface area contributed by atoms with Gasteiger partial charge in [0.1, 0.15) is 5.75 Å². The molecule has 1 atom stereocenters. The van der Waals surface area contributed by atoms with Crippen molar-refractivity contribution < 1.29 is 18.3 Å². The fourth-order valence-corrected chi connectivity index (χ4v) is 3.83. The Labute approximate surface area is 189 Å². The van der Waals surface area contributed by atoms with E-state index in [-0.39, 0.29) is 23.5 Å². The van der Waals surface area contributed by atoms with Crippen LogP contribution in [0.25, 0.3) is 11.4 Å². The fourth-order valence-electron chi connectivity index (χ4n) is 3.16. The summed E-state index contributed by atoms with van der Waals surface area (Å²) < 4.78 is 30.2. The van der Waals surface area contributed by atoms with Gasteiger partial charge in [0.25, 0.3) is 0 Å². The Balaban J connectivity index is 1.62. The van der Waals surface area contributed by atoms with E-state index in [4.69, 9.17) is 5.84 Å². The molecule has 3 N–H and O–H groups in total. The number of amides is 1. The summed E-state index contributed by atoms with van der Waals surface area (Å²) in [4.78, 5) is 12.6. The van der Waals surface area contributed by atoms with Crippen molar-refractivity contribution >= 4 is 17.7 Å². The molecule has 32 heavy (non-hydrogen) atoms. The number of carbonyl (C=O) groups is 1. The quantitative estimate of drug-likeness (QED) is 0.346. The van der Waals surface area contributed by atoms with Gasteiger partial charge < -0.3 is 15.9 Å². The normalized spacial score (nSPS) is 12.2. The number of alkyl halides is 2. The minimum absolute atomic E-state index is 0.0347. The number of hydrogen-bond acceptors (Lipinski definition) is 6. The van der Waals surface area contributed by atoms with Crippen molar-refractivity contribution in [3.63, 3.8) is 0 Å². The fraction of sp³-hybridized carbons (Fsp3) is 0.318. The number of carbonyl (C=O) groups excluding carboxylic acids is 1. The molecule has 2 aromatic carbocycles. The standard InChI is InChI=1S/C22H25F2N5O2S/c1-14(2)12-18(15-6-4-3-5-7-15)26-19(30)13-32-22-28-27-20(29(22)25)16-8-10-17(11-9-16)31-21(23)24/h3-11,14,18,21H,12-13,25H2,1-2H3,(H,26,30). The Kier molecular flexibility index (Phi) is 8.04. The van der Waals surface area contributed by atoms with Crippen molar-refractivity contribution in [3.8, 4) is 17.1 Å². The Bertz CT molecular complexity index is 1010. The third kappa shape index (κ3) is 6.43. The third-order valence-corrected chi connectivity index (χ3v) is 5.52. The molecule has 3 aromatic rings. The molecule has 0 saturated heterocycles. The molecule has 10 heteroatoms. The van der Waals surface area contributed by atoms with E-state index >= 15 is 0 Å². The second kappa shape index (κ2) is 10.9. The zero-order chi connectivity index (χ0) is 23.1. The van der Waals surface area contributed by atoms with Crippen molar-refractivity contribution in [2.75, 3.05) is 11.6 Å². The highest BCUT2D eigenvalue weighted by Crippen LogP contribution is 2.25. The summed E-state index contributed by atoms with van der Waals surface area (Å²) >= 11 is 1.17. The van der Waals surface area contributed by atoms with Crippen LogP contribution in [0.1, 0.15) is 31.9 Å². The molecule has 0 spiro atoms. The van der Waals surface area contributed by atoms with E-state index in [1.807, 2.05) is 30.3 Å². The van der Waals surface area contributed by atoms with E-state index in [2.05, 4.69) is 34.1 Å². The lowest BCUT2D eigenvalue weighted by atomic mass is 9.97. The predicted octanol–water partition coefficient (Wildman–Crippen LogP) is 4.26. The van der Waals surface area contributed by atoms with Crippen LogP contribution in [0.15, 0.2) is 59.8 Å². The molecule has 0 aliphatic rings. The molecule has 1 unspecified atom stereocenters. The minimum atomic E-state index is -2.89. The zero-order valence-electron chi connectivity index (χ0n) is 17.7. The molecule has 1 amide bonds.